The van der Waals surface area contributed by atoms with Crippen LogP contribution in [0.15, 0.2) is 18.2 Å². The van der Waals surface area contributed by atoms with Gasteiger partial charge in [-0.05, 0) is 51.2 Å². The van der Waals surface area contributed by atoms with E-state index in [2.05, 4.69) is 24.5 Å². The molecule has 0 aliphatic heterocycles. The van der Waals surface area contributed by atoms with Gasteiger partial charge in [0.15, 0.2) is 5.65 Å². The van der Waals surface area contributed by atoms with E-state index in [9.17, 15) is 4.79 Å². The van der Waals surface area contributed by atoms with Gasteiger partial charge >= 0.3 is 0 Å². The van der Waals surface area contributed by atoms with Gasteiger partial charge in [-0.15, -0.1) is 0 Å². The van der Waals surface area contributed by atoms with Crippen molar-refractivity contribution in [1.82, 2.24) is 19.9 Å². The van der Waals surface area contributed by atoms with Crippen LogP contribution in [0.1, 0.15) is 60.4 Å². The lowest BCUT2D eigenvalue weighted by Crippen LogP contribution is -2.21. The lowest BCUT2D eigenvalue weighted by Gasteiger charge is -2.19. The van der Waals surface area contributed by atoms with Crippen molar-refractivity contribution in [3.63, 3.8) is 0 Å². The second kappa shape index (κ2) is 8.26. The molecule has 158 valence electrons. The second-order valence-electron chi connectivity index (χ2n) is 7.87. The molecule has 0 radical (unpaired) electrons. The maximum atomic E-state index is 12.0. The summed E-state index contributed by atoms with van der Waals surface area (Å²) < 4.78 is 1.95. The smallest absolute Gasteiger partial charge is 0.251 e. The van der Waals surface area contributed by atoms with Gasteiger partial charge in [-0.25, -0.2) is 4.98 Å². The van der Waals surface area contributed by atoms with Crippen molar-refractivity contribution in [3.8, 4) is 11.1 Å². The molecule has 0 spiro atoms. The van der Waals surface area contributed by atoms with Crippen LogP contribution >= 0.6 is 11.6 Å². The highest BCUT2D eigenvalue weighted by Gasteiger charge is 2.25. The Morgan fingerprint density at radius 1 is 1.27 bits per heavy atom. The predicted molar refractivity (Wildman–Crippen MR) is 122 cm³/mol. The van der Waals surface area contributed by atoms with Crippen LogP contribution in [0, 0.1) is 6.92 Å². The maximum absolute atomic E-state index is 12.0. The maximum Gasteiger partial charge on any atom is 0.251 e. The summed E-state index contributed by atoms with van der Waals surface area (Å²) in [6.45, 7) is 6.39. The number of nitrogens with zero attached hydrogens (tertiary/aromatic N) is 3. The molecule has 1 aromatic carbocycles. The molecule has 0 atom stereocenters. The molecule has 1 aliphatic carbocycles. The molecule has 0 bridgehead atoms. The Morgan fingerprint density at radius 2 is 2.03 bits per heavy atom. The molecular weight excluding hydrogens is 398 g/mol. The molecular formula is C23H28ClN5O. The average Bonchev–Trinajstić information content (AvgIpc) is 3.34. The molecule has 0 saturated carbocycles. The molecule has 30 heavy (non-hydrogen) atoms. The minimum Gasteiger partial charge on any atom is -0.367 e. The highest BCUT2D eigenvalue weighted by atomic mass is 35.5. The van der Waals surface area contributed by atoms with Crippen LogP contribution in [0.4, 0.5) is 5.82 Å². The molecule has 2 heterocycles. The third-order valence-corrected chi connectivity index (χ3v) is 6.33. The summed E-state index contributed by atoms with van der Waals surface area (Å²) in [5.41, 5.74) is 6.41. The first-order valence-electron chi connectivity index (χ1n) is 10.7. The first-order chi connectivity index (χ1) is 14.5. The molecule has 7 heteroatoms. The van der Waals surface area contributed by atoms with Gasteiger partial charge in [0.25, 0.3) is 5.91 Å². The van der Waals surface area contributed by atoms with E-state index in [1.54, 1.807) is 19.2 Å². The van der Waals surface area contributed by atoms with Gasteiger partial charge in [0.05, 0.1) is 11.3 Å². The van der Waals surface area contributed by atoms with Crippen LogP contribution in [0.2, 0.25) is 5.02 Å². The number of nitrogens with one attached hydrogen (secondary N) is 2. The molecule has 4 rings (SSSR count). The third kappa shape index (κ3) is 3.43. The fourth-order valence-corrected chi connectivity index (χ4v) is 4.56. The number of rotatable bonds is 6. The minimum absolute atomic E-state index is 0.160. The van der Waals surface area contributed by atoms with Gasteiger partial charge in [0, 0.05) is 40.5 Å². The fraction of sp³-hybridized carbons (Fsp3) is 0.435. The number of benzene rings is 1. The van der Waals surface area contributed by atoms with Crippen LogP contribution in [0.3, 0.4) is 0 Å². The first-order valence-corrected chi connectivity index (χ1v) is 11.1. The number of fused-ring (bicyclic) bond motifs is 2. The van der Waals surface area contributed by atoms with E-state index in [1.165, 1.54) is 5.56 Å². The quantitative estimate of drug-likeness (QED) is 0.594. The summed E-state index contributed by atoms with van der Waals surface area (Å²) in [6.07, 6.45) is 5.22. The summed E-state index contributed by atoms with van der Waals surface area (Å²) in [5, 5.41) is 11.7. The van der Waals surface area contributed by atoms with Gasteiger partial charge in [-0.3, -0.25) is 4.79 Å². The predicted octanol–water partition coefficient (Wildman–Crippen LogP) is 4.81. The highest BCUT2D eigenvalue weighted by Crippen LogP contribution is 2.37. The summed E-state index contributed by atoms with van der Waals surface area (Å²) in [6, 6.07) is 5.78. The molecule has 6 nitrogen and oxygen atoms in total. The number of carbonyl (C=O) groups is 1. The summed E-state index contributed by atoms with van der Waals surface area (Å²) in [7, 11) is 1.61. The summed E-state index contributed by atoms with van der Waals surface area (Å²) in [5.74, 6) is 0.904. The van der Waals surface area contributed by atoms with Crippen LogP contribution in [-0.4, -0.2) is 33.6 Å². The first kappa shape index (κ1) is 20.7. The average molecular weight is 426 g/mol. The largest absolute Gasteiger partial charge is 0.367 e. The Morgan fingerprint density at radius 3 is 2.70 bits per heavy atom. The topological polar surface area (TPSA) is 71.3 Å². The van der Waals surface area contributed by atoms with Crippen LogP contribution in [-0.2, 0) is 12.8 Å². The number of anilines is 1. The lowest BCUT2D eigenvalue weighted by molar-refractivity contribution is 0.0963. The lowest BCUT2D eigenvalue weighted by atomic mass is 10.0. The van der Waals surface area contributed by atoms with E-state index in [1.807, 2.05) is 17.5 Å². The zero-order valence-corrected chi connectivity index (χ0v) is 18.7. The van der Waals surface area contributed by atoms with Crippen molar-refractivity contribution in [2.24, 2.45) is 0 Å². The van der Waals surface area contributed by atoms with Crippen molar-refractivity contribution in [2.45, 2.75) is 58.9 Å². The van der Waals surface area contributed by atoms with Crippen molar-refractivity contribution in [2.75, 3.05) is 12.4 Å². The molecule has 0 saturated heterocycles. The molecule has 1 amide bonds. The summed E-state index contributed by atoms with van der Waals surface area (Å²) >= 11 is 6.62. The molecule has 2 aromatic heterocycles. The van der Waals surface area contributed by atoms with Gasteiger partial charge in [-0.2, -0.15) is 9.61 Å². The van der Waals surface area contributed by atoms with Gasteiger partial charge in [0.2, 0.25) is 0 Å². The SMILES string of the molecule is CCC(CC)Nc1c2c(nc3c(-c4ccc(C(=O)NC)cc4Cl)c(C)nn13)CCC2. The Labute approximate surface area is 182 Å². The van der Waals surface area contributed by atoms with Crippen molar-refractivity contribution >= 4 is 29.0 Å². The van der Waals surface area contributed by atoms with E-state index < -0.39 is 0 Å². The normalized spacial score (nSPS) is 13.1. The van der Waals surface area contributed by atoms with E-state index >= 15 is 0 Å². The Hall–Kier alpha value is -2.60. The number of carbonyl (C=O) groups excluding carboxylic acids is 1. The van der Waals surface area contributed by atoms with Crippen LogP contribution in [0.25, 0.3) is 16.8 Å². The highest BCUT2D eigenvalue weighted by molar-refractivity contribution is 6.34. The van der Waals surface area contributed by atoms with Crippen molar-refractivity contribution in [3.05, 3.63) is 45.7 Å². The fourth-order valence-electron chi connectivity index (χ4n) is 4.29. The van der Waals surface area contributed by atoms with Crippen molar-refractivity contribution < 1.29 is 4.79 Å². The Bertz CT molecular complexity index is 1120. The van der Waals surface area contributed by atoms with E-state index in [0.717, 1.165) is 66.1 Å². The Balaban J connectivity index is 1.91. The molecule has 0 fully saturated rings. The van der Waals surface area contributed by atoms with Gasteiger partial charge in [0.1, 0.15) is 5.82 Å². The Kier molecular flexibility index (Phi) is 5.69. The zero-order chi connectivity index (χ0) is 21.4. The molecule has 0 unspecified atom stereocenters. The standard InChI is InChI=1S/C23H28ClN5O/c1-5-15(6-2)26-21-17-8-7-9-19(17)27-22-20(13(3)28-29(21)22)16-11-10-14(12-18(16)24)23(30)25-4/h10-12,15,26H,5-9H2,1-4H3,(H,25,30). The van der Waals surface area contributed by atoms with Crippen molar-refractivity contribution in [1.29, 1.82) is 0 Å². The number of aromatic nitrogens is 3. The molecule has 2 N–H and O–H groups in total. The van der Waals surface area contributed by atoms with Crippen LogP contribution in [0.5, 0.6) is 0 Å². The van der Waals surface area contributed by atoms with Gasteiger partial charge in [-0.1, -0.05) is 31.5 Å². The minimum atomic E-state index is -0.160. The third-order valence-electron chi connectivity index (χ3n) is 6.02. The number of hydrogen-bond donors (Lipinski definition) is 2. The number of hydrogen-bond acceptors (Lipinski definition) is 4. The number of halogens is 1. The zero-order valence-electron chi connectivity index (χ0n) is 18.0. The van der Waals surface area contributed by atoms with E-state index in [-0.39, 0.29) is 5.91 Å². The molecule has 1 aliphatic rings. The van der Waals surface area contributed by atoms with E-state index in [4.69, 9.17) is 21.7 Å². The van der Waals surface area contributed by atoms with Crippen LogP contribution < -0.4 is 10.6 Å². The number of aryl methyl sites for hydroxylation is 2. The summed E-state index contributed by atoms with van der Waals surface area (Å²) in [4.78, 5) is 17.0. The molecule has 3 aromatic rings. The van der Waals surface area contributed by atoms with Gasteiger partial charge < -0.3 is 10.6 Å². The monoisotopic (exact) mass is 425 g/mol. The second-order valence-corrected chi connectivity index (χ2v) is 8.27. The number of amides is 1. The van der Waals surface area contributed by atoms with E-state index in [0.29, 0.717) is 16.6 Å².